The van der Waals surface area contributed by atoms with E-state index in [1.165, 1.54) is 10.5 Å². The van der Waals surface area contributed by atoms with Crippen molar-refractivity contribution in [1.82, 2.24) is 15.5 Å². The van der Waals surface area contributed by atoms with Crippen molar-refractivity contribution in [3.8, 4) is 0 Å². The first kappa shape index (κ1) is 16.0. The highest BCUT2D eigenvalue weighted by Gasteiger charge is 2.10. The van der Waals surface area contributed by atoms with Gasteiger partial charge in [-0.2, -0.15) is 4.98 Å². The first-order valence-corrected chi connectivity index (χ1v) is 8.40. The second-order valence-corrected chi connectivity index (χ2v) is 6.32. The van der Waals surface area contributed by atoms with Gasteiger partial charge in [-0.25, -0.2) is 0 Å². The first-order chi connectivity index (χ1) is 10.2. The summed E-state index contributed by atoms with van der Waals surface area (Å²) in [5.74, 6) is 2.22. The third kappa shape index (κ3) is 5.52. The molecule has 1 aromatic carbocycles. The molecule has 2 rings (SSSR count). The van der Waals surface area contributed by atoms with Gasteiger partial charge in [0.1, 0.15) is 0 Å². The number of aromatic nitrogens is 2. The lowest BCUT2D eigenvalue weighted by Gasteiger charge is -2.09. The fourth-order valence-electron chi connectivity index (χ4n) is 2.01. The third-order valence-corrected chi connectivity index (χ3v) is 4.08. The van der Waals surface area contributed by atoms with Gasteiger partial charge in [0.2, 0.25) is 5.89 Å². The predicted molar refractivity (Wildman–Crippen MR) is 86.5 cm³/mol. The number of hydrogen-bond donors (Lipinski definition) is 1. The molecule has 0 spiro atoms. The van der Waals surface area contributed by atoms with E-state index in [1.807, 2.05) is 0 Å². The van der Waals surface area contributed by atoms with Gasteiger partial charge in [-0.1, -0.05) is 29.8 Å². The molecule has 5 heteroatoms. The predicted octanol–water partition coefficient (Wildman–Crippen LogP) is 3.60. The van der Waals surface area contributed by atoms with E-state index >= 15 is 0 Å². The van der Waals surface area contributed by atoms with Crippen LogP contribution in [0.4, 0.5) is 0 Å². The van der Waals surface area contributed by atoms with Crippen molar-refractivity contribution < 1.29 is 4.52 Å². The van der Waals surface area contributed by atoms with E-state index in [4.69, 9.17) is 4.52 Å². The Balaban J connectivity index is 1.82. The maximum atomic E-state index is 5.31. The molecular weight excluding hydrogens is 282 g/mol. The van der Waals surface area contributed by atoms with Crippen LogP contribution in [-0.4, -0.2) is 22.7 Å². The highest BCUT2D eigenvalue weighted by molar-refractivity contribution is 7.98. The standard InChI is InChI=1S/C16H23N3OS/c1-4-8-17-13(3)10-16-18-15(19-20-16)11-21-14-7-5-6-12(2)9-14/h5-7,9,13,17H,4,8,10-11H2,1-3H3. The summed E-state index contributed by atoms with van der Waals surface area (Å²) in [7, 11) is 0. The molecular formula is C16H23N3OS. The van der Waals surface area contributed by atoms with Crippen LogP contribution in [0.15, 0.2) is 33.7 Å². The van der Waals surface area contributed by atoms with Crippen molar-refractivity contribution in [2.24, 2.45) is 0 Å². The number of aryl methyl sites for hydroxylation is 1. The van der Waals surface area contributed by atoms with Crippen LogP contribution in [0.3, 0.4) is 0 Å². The van der Waals surface area contributed by atoms with Crippen molar-refractivity contribution in [2.45, 2.75) is 50.3 Å². The van der Waals surface area contributed by atoms with E-state index in [0.29, 0.717) is 11.9 Å². The first-order valence-electron chi connectivity index (χ1n) is 7.41. The van der Waals surface area contributed by atoms with Crippen LogP contribution in [0.25, 0.3) is 0 Å². The molecule has 0 bridgehead atoms. The number of benzene rings is 1. The Kier molecular flexibility index (Phi) is 6.26. The van der Waals surface area contributed by atoms with Crippen LogP contribution in [0.1, 0.15) is 37.5 Å². The SMILES string of the molecule is CCCNC(C)Cc1nc(CSc2cccc(C)c2)no1. The van der Waals surface area contributed by atoms with Crippen LogP contribution >= 0.6 is 11.8 Å². The lowest BCUT2D eigenvalue weighted by molar-refractivity contribution is 0.358. The molecule has 0 saturated heterocycles. The Morgan fingerprint density at radius 3 is 3.00 bits per heavy atom. The molecule has 0 fully saturated rings. The molecule has 2 aromatic rings. The van der Waals surface area contributed by atoms with Crippen molar-refractivity contribution >= 4 is 11.8 Å². The van der Waals surface area contributed by atoms with E-state index < -0.39 is 0 Å². The quantitative estimate of drug-likeness (QED) is 0.755. The van der Waals surface area contributed by atoms with Crippen LogP contribution in [0, 0.1) is 6.92 Å². The van der Waals surface area contributed by atoms with Crippen LogP contribution < -0.4 is 5.32 Å². The zero-order valence-electron chi connectivity index (χ0n) is 12.9. The van der Waals surface area contributed by atoms with Gasteiger partial charge in [0.25, 0.3) is 0 Å². The normalized spacial score (nSPS) is 12.5. The zero-order chi connectivity index (χ0) is 15.1. The monoisotopic (exact) mass is 305 g/mol. The Labute approximate surface area is 130 Å². The van der Waals surface area contributed by atoms with E-state index in [1.54, 1.807) is 11.8 Å². The Morgan fingerprint density at radius 2 is 2.24 bits per heavy atom. The van der Waals surface area contributed by atoms with E-state index in [-0.39, 0.29) is 0 Å². The summed E-state index contributed by atoms with van der Waals surface area (Å²) in [6, 6.07) is 8.81. The van der Waals surface area contributed by atoms with Crippen molar-refractivity contribution in [3.63, 3.8) is 0 Å². The molecule has 0 radical (unpaired) electrons. The zero-order valence-corrected chi connectivity index (χ0v) is 13.7. The summed E-state index contributed by atoms with van der Waals surface area (Å²) >= 11 is 1.73. The van der Waals surface area contributed by atoms with Gasteiger partial charge in [0, 0.05) is 17.4 Å². The number of nitrogens with one attached hydrogen (secondary N) is 1. The fraction of sp³-hybridized carbons (Fsp3) is 0.500. The highest BCUT2D eigenvalue weighted by atomic mass is 32.2. The van der Waals surface area contributed by atoms with Crippen molar-refractivity contribution in [1.29, 1.82) is 0 Å². The second kappa shape index (κ2) is 8.20. The summed E-state index contributed by atoms with van der Waals surface area (Å²) in [5.41, 5.74) is 1.27. The van der Waals surface area contributed by atoms with Gasteiger partial charge < -0.3 is 9.84 Å². The van der Waals surface area contributed by atoms with Crippen molar-refractivity contribution in [2.75, 3.05) is 6.54 Å². The molecule has 1 heterocycles. The summed E-state index contributed by atoms with van der Waals surface area (Å²) in [6.45, 7) is 7.42. The summed E-state index contributed by atoms with van der Waals surface area (Å²) in [6.07, 6.45) is 1.91. The Hall–Kier alpha value is -1.33. The Bertz CT molecular complexity index is 556. The third-order valence-electron chi connectivity index (χ3n) is 3.09. The molecule has 0 aliphatic rings. The van der Waals surface area contributed by atoms with Gasteiger partial charge >= 0.3 is 0 Å². The number of thioether (sulfide) groups is 1. The average molecular weight is 305 g/mol. The summed E-state index contributed by atoms with van der Waals surface area (Å²) in [5, 5.41) is 7.47. The van der Waals surface area contributed by atoms with Gasteiger partial charge in [0.15, 0.2) is 5.82 Å². The van der Waals surface area contributed by atoms with E-state index in [0.717, 1.165) is 31.0 Å². The van der Waals surface area contributed by atoms with Gasteiger partial charge in [-0.3, -0.25) is 0 Å². The minimum Gasteiger partial charge on any atom is -0.339 e. The molecule has 21 heavy (non-hydrogen) atoms. The molecule has 1 aromatic heterocycles. The molecule has 1 unspecified atom stereocenters. The van der Waals surface area contributed by atoms with E-state index in [2.05, 4.69) is 60.5 Å². The number of hydrogen-bond acceptors (Lipinski definition) is 5. The molecule has 1 N–H and O–H groups in total. The smallest absolute Gasteiger partial charge is 0.228 e. The lowest BCUT2D eigenvalue weighted by Crippen LogP contribution is -2.28. The molecule has 0 aliphatic carbocycles. The molecule has 0 saturated carbocycles. The second-order valence-electron chi connectivity index (χ2n) is 5.27. The number of nitrogens with zero attached hydrogens (tertiary/aromatic N) is 2. The topological polar surface area (TPSA) is 51.0 Å². The Morgan fingerprint density at radius 1 is 1.38 bits per heavy atom. The lowest BCUT2D eigenvalue weighted by atomic mass is 10.2. The molecule has 0 aliphatic heterocycles. The minimum absolute atomic E-state index is 0.364. The summed E-state index contributed by atoms with van der Waals surface area (Å²) in [4.78, 5) is 5.69. The minimum atomic E-state index is 0.364. The van der Waals surface area contributed by atoms with Gasteiger partial charge in [-0.15, -0.1) is 11.8 Å². The highest BCUT2D eigenvalue weighted by Crippen LogP contribution is 2.22. The largest absolute Gasteiger partial charge is 0.339 e. The molecule has 0 amide bonds. The van der Waals surface area contributed by atoms with E-state index in [9.17, 15) is 0 Å². The summed E-state index contributed by atoms with van der Waals surface area (Å²) < 4.78 is 5.31. The molecule has 114 valence electrons. The van der Waals surface area contributed by atoms with Gasteiger partial charge in [-0.05, 0) is 38.9 Å². The van der Waals surface area contributed by atoms with Crippen molar-refractivity contribution in [3.05, 3.63) is 41.5 Å². The average Bonchev–Trinajstić information content (AvgIpc) is 2.90. The van der Waals surface area contributed by atoms with Crippen LogP contribution in [0.2, 0.25) is 0 Å². The molecule has 4 nitrogen and oxygen atoms in total. The maximum Gasteiger partial charge on any atom is 0.228 e. The number of rotatable bonds is 8. The fourth-order valence-corrected chi connectivity index (χ4v) is 2.87. The van der Waals surface area contributed by atoms with Crippen LogP contribution in [-0.2, 0) is 12.2 Å². The maximum absolute atomic E-state index is 5.31. The molecule has 1 atom stereocenters. The van der Waals surface area contributed by atoms with Gasteiger partial charge in [0.05, 0.1) is 5.75 Å². The van der Waals surface area contributed by atoms with Crippen LogP contribution in [0.5, 0.6) is 0 Å².